The molecule has 0 fully saturated rings. The molecule has 32 heavy (non-hydrogen) atoms. The number of nitrogens with zero attached hydrogens (tertiary/aromatic N) is 3. The van der Waals surface area contributed by atoms with Crippen LogP contribution in [-0.4, -0.2) is 35.0 Å². The number of fused-ring (bicyclic) bond motifs is 1. The molecular formula is C24H33IN6O. The molecule has 0 bridgehead atoms. The third kappa shape index (κ3) is 7.22. The molecule has 0 radical (unpaired) electrons. The highest BCUT2D eigenvalue weighted by molar-refractivity contribution is 14.0. The molecule has 0 atom stereocenters. The van der Waals surface area contributed by atoms with Crippen LogP contribution >= 0.6 is 24.0 Å². The van der Waals surface area contributed by atoms with Gasteiger partial charge < -0.3 is 20.5 Å². The van der Waals surface area contributed by atoms with E-state index >= 15 is 0 Å². The van der Waals surface area contributed by atoms with Crippen LogP contribution in [0.15, 0.2) is 53.5 Å². The molecule has 0 aliphatic carbocycles. The van der Waals surface area contributed by atoms with Gasteiger partial charge in [-0.3, -0.25) is 9.79 Å². The largest absolute Gasteiger partial charge is 0.356 e. The zero-order valence-corrected chi connectivity index (χ0v) is 21.3. The third-order valence-electron chi connectivity index (χ3n) is 5.09. The van der Waals surface area contributed by atoms with Crippen molar-refractivity contribution in [3.63, 3.8) is 0 Å². The van der Waals surface area contributed by atoms with Gasteiger partial charge in [-0.25, -0.2) is 4.98 Å². The second kappa shape index (κ2) is 13.0. The number of carbonyl (C=O) groups excluding carboxylic acids is 1. The molecule has 0 aliphatic heterocycles. The summed E-state index contributed by atoms with van der Waals surface area (Å²) in [6.45, 7) is 6.42. The molecule has 8 heteroatoms. The van der Waals surface area contributed by atoms with Gasteiger partial charge in [0.15, 0.2) is 5.96 Å². The van der Waals surface area contributed by atoms with Gasteiger partial charge in [-0.15, -0.1) is 24.0 Å². The molecule has 7 nitrogen and oxygen atoms in total. The number of aliphatic imine (C=N–C) groups is 1. The van der Waals surface area contributed by atoms with E-state index in [4.69, 9.17) is 0 Å². The van der Waals surface area contributed by atoms with Crippen molar-refractivity contribution in [2.45, 2.75) is 46.2 Å². The predicted molar refractivity (Wildman–Crippen MR) is 143 cm³/mol. The second-order valence-corrected chi connectivity index (χ2v) is 7.50. The van der Waals surface area contributed by atoms with Crippen molar-refractivity contribution in [2.24, 2.45) is 4.99 Å². The van der Waals surface area contributed by atoms with E-state index in [1.807, 2.05) is 37.3 Å². The van der Waals surface area contributed by atoms with E-state index in [1.165, 1.54) is 5.52 Å². The first-order valence-corrected chi connectivity index (χ1v) is 10.9. The van der Waals surface area contributed by atoms with Gasteiger partial charge >= 0.3 is 0 Å². The van der Waals surface area contributed by atoms with Crippen molar-refractivity contribution in [1.82, 2.24) is 20.2 Å². The lowest BCUT2D eigenvalue weighted by Crippen LogP contribution is -2.37. The standard InChI is InChI=1S/C24H32N6O.HI/c1-4-8-23(31)29-20-13-11-19(12-14-20)17-27-24(25-3)26-15-7-16-30-18(2)28-21-9-5-6-10-22(21)30;/h5-6,9-14H,4,7-8,15-17H2,1-3H3,(H,29,31)(H2,25,26,27);1H. The van der Waals surface area contributed by atoms with Gasteiger partial charge in [0.25, 0.3) is 0 Å². The van der Waals surface area contributed by atoms with Gasteiger partial charge in [-0.1, -0.05) is 31.2 Å². The number of rotatable bonds is 9. The molecule has 3 aromatic rings. The Morgan fingerprint density at radius 3 is 2.56 bits per heavy atom. The van der Waals surface area contributed by atoms with Crippen molar-refractivity contribution in [3.8, 4) is 0 Å². The lowest BCUT2D eigenvalue weighted by atomic mass is 10.2. The summed E-state index contributed by atoms with van der Waals surface area (Å²) in [6.07, 6.45) is 2.36. The molecule has 172 valence electrons. The average Bonchev–Trinajstić information content (AvgIpc) is 3.09. The Bertz CT molecular complexity index is 1030. The summed E-state index contributed by atoms with van der Waals surface area (Å²) in [5.74, 6) is 1.86. The van der Waals surface area contributed by atoms with Crippen LogP contribution in [0.5, 0.6) is 0 Å². The lowest BCUT2D eigenvalue weighted by Gasteiger charge is -2.13. The molecule has 1 amide bonds. The summed E-state index contributed by atoms with van der Waals surface area (Å²) in [6, 6.07) is 16.1. The van der Waals surface area contributed by atoms with Gasteiger partial charge in [-0.05, 0) is 49.6 Å². The number of benzene rings is 2. The highest BCUT2D eigenvalue weighted by atomic mass is 127. The molecule has 0 aliphatic rings. The fourth-order valence-electron chi connectivity index (χ4n) is 3.49. The Morgan fingerprint density at radius 1 is 1.09 bits per heavy atom. The van der Waals surface area contributed by atoms with Gasteiger partial charge in [-0.2, -0.15) is 0 Å². The highest BCUT2D eigenvalue weighted by Crippen LogP contribution is 2.15. The van der Waals surface area contributed by atoms with Crippen molar-refractivity contribution >= 4 is 52.6 Å². The minimum atomic E-state index is 0. The zero-order chi connectivity index (χ0) is 22.1. The van der Waals surface area contributed by atoms with Crippen LogP contribution in [0.1, 0.15) is 37.6 Å². The number of halogens is 1. The second-order valence-electron chi connectivity index (χ2n) is 7.50. The van der Waals surface area contributed by atoms with Gasteiger partial charge in [0.05, 0.1) is 11.0 Å². The van der Waals surface area contributed by atoms with Crippen LogP contribution in [0.3, 0.4) is 0 Å². The van der Waals surface area contributed by atoms with E-state index in [0.29, 0.717) is 13.0 Å². The smallest absolute Gasteiger partial charge is 0.224 e. The molecular weight excluding hydrogens is 515 g/mol. The molecule has 1 aromatic heterocycles. The number of amides is 1. The van der Waals surface area contributed by atoms with E-state index in [2.05, 4.69) is 55.6 Å². The normalized spacial score (nSPS) is 11.2. The van der Waals surface area contributed by atoms with Crippen LogP contribution in [0.25, 0.3) is 11.0 Å². The summed E-state index contributed by atoms with van der Waals surface area (Å²) in [7, 11) is 1.77. The van der Waals surface area contributed by atoms with Crippen molar-refractivity contribution in [1.29, 1.82) is 0 Å². The van der Waals surface area contributed by atoms with Gasteiger partial charge in [0.1, 0.15) is 5.82 Å². The van der Waals surface area contributed by atoms with E-state index < -0.39 is 0 Å². The Kier molecular flexibility index (Phi) is 10.5. The molecule has 3 rings (SSSR count). The van der Waals surface area contributed by atoms with Crippen LogP contribution in [0.2, 0.25) is 0 Å². The van der Waals surface area contributed by atoms with Crippen molar-refractivity contribution in [3.05, 3.63) is 59.9 Å². The predicted octanol–water partition coefficient (Wildman–Crippen LogP) is 4.46. The molecule has 0 unspecified atom stereocenters. The number of aromatic nitrogens is 2. The van der Waals surface area contributed by atoms with Gasteiger partial charge in [0, 0.05) is 38.8 Å². The molecule has 2 aromatic carbocycles. The molecule has 0 spiro atoms. The van der Waals surface area contributed by atoms with Crippen LogP contribution in [0.4, 0.5) is 5.69 Å². The minimum Gasteiger partial charge on any atom is -0.356 e. The Balaban J connectivity index is 0.00000363. The maximum absolute atomic E-state index is 11.7. The monoisotopic (exact) mass is 548 g/mol. The van der Waals surface area contributed by atoms with Crippen LogP contribution in [-0.2, 0) is 17.9 Å². The summed E-state index contributed by atoms with van der Waals surface area (Å²) in [5, 5.41) is 9.61. The van der Waals surface area contributed by atoms with Gasteiger partial charge in [0.2, 0.25) is 5.91 Å². The summed E-state index contributed by atoms with van der Waals surface area (Å²) in [4.78, 5) is 20.6. The maximum Gasteiger partial charge on any atom is 0.224 e. The third-order valence-corrected chi connectivity index (χ3v) is 5.09. The van der Waals surface area contributed by atoms with E-state index in [-0.39, 0.29) is 29.9 Å². The Labute approximate surface area is 207 Å². The quantitative estimate of drug-likeness (QED) is 0.160. The number of guanidine groups is 1. The fourth-order valence-corrected chi connectivity index (χ4v) is 3.49. The first-order chi connectivity index (χ1) is 15.1. The number of aryl methyl sites for hydroxylation is 2. The van der Waals surface area contributed by atoms with Crippen LogP contribution < -0.4 is 16.0 Å². The number of anilines is 1. The summed E-state index contributed by atoms with van der Waals surface area (Å²) in [5.41, 5.74) is 4.17. The molecule has 0 saturated heterocycles. The molecule has 0 saturated carbocycles. The maximum atomic E-state index is 11.7. The van der Waals surface area contributed by atoms with Crippen molar-refractivity contribution < 1.29 is 4.79 Å². The fraction of sp³-hybridized carbons (Fsp3) is 0.375. The first-order valence-electron chi connectivity index (χ1n) is 10.9. The van der Waals surface area contributed by atoms with Crippen LogP contribution in [0, 0.1) is 6.92 Å². The topological polar surface area (TPSA) is 83.3 Å². The molecule has 1 heterocycles. The number of carbonyl (C=O) groups is 1. The summed E-state index contributed by atoms with van der Waals surface area (Å²) >= 11 is 0. The SMILES string of the molecule is CCCC(=O)Nc1ccc(CNC(=NC)NCCCn2c(C)nc3ccccc32)cc1.I. The number of imidazole rings is 1. The Morgan fingerprint density at radius 2 is 1.84 bits per heavy atom. The van der Waals surface area contributed by atoms with Crippen molar-refractivity contribution in [2.75, 3.05) is 18.9 Å². The number of para-hydroxylation sites is 2. The van der Waals surface area contributed by atoms with E-state index in [1.54, 1.807) is 7.05 Å². The number of nitrogens with one attached hydrogen (secondary N) is 3. The zero-order valence-electron chi connectivity index (χ0n) is 19.0. The molecule has 3 N–H and O–H groups in total. The number of hydrogen-bond acceptors (Lipinski definition) is 3. The Hall–Kier alpha value is -2.62. The average molecular weight is 548 g/mol. The van der Waals surface area contributed by atoms with E-state index in [9.17, 15) is 4.79 Å². The first kappa shape index (κ1) is 25.6. The van der Waals surface area contributed by atoms with E-state index in [0.717, 1.165) is 54.5 Å². The lowest BCUT2D eigenvalue weighted by molar-refractivity contribution is -0.116. The highest BCUT2D eigenvalue weighted by Gasteiger charge is 2.06. The summed E-state index contributed by atoms with van der Waals surface area (Å²) < 4.78 is 2.26. The minimum absolute atomic E-state index is 0. The number of hydrogen-bond donors (Lipinski definition) is 3.